The number of rotatable bonds is 4. The molecule has 0 fully saturated rings. The van der Waals surface area contributed by atoms with Gasteiger partial charge in [-0.1, -0.05) is 64.2 Å². The minimum Gasteiger partial charge on any atom is -0.445 e. The lowest BCUT2D eigenvalue weighted by Gasteiger charge is -2.04. The van der Waals surface area contributed by atoms with Gasteiger partial charge in [-0.2, -0.15) is 5.26 Å². The topological polar surface area (TPSA) is 62.1 Å². The zero-order valence-electron chi connectivity index (χ0n) is 12.9. The van der Waals surface area contributed by atoms with Crippen molar-refractivity contribution in [3.63, 3.8) is 0 Å². The number of benzene rings is 2. The molecule has 0 unspecified atom stereocenters. The second-order valence-electron chi connectivity index (χ2n) is 4.83. The molecule has 2 aromatic rings. The highest BCUT2D eigenvalue weighted by Gasteiger charge is 2.02. The van der Waals surface area contributed by atoms with E-state index in [1.165, 1.54) is 0 Å². The SMILES string of the molecule is N#Cc1ccc(CBr)c(C#CCNC(=O)OCc2ccccc2)c1. The lowest BCUT2D eigenvalue weighted by atomic mass is 10.1. The van der Waals surface area contributed by atoms with Crippen molar-refractivity contribution in [2.45, 2.75) is 11.9 Å². The standard InChI is InChI=1S/C19H15BrN2O2/c20-12-18-9-8-16(13-21)11-17(18)7-4-10-22-19(23)24-14-15-5-2-1-3-6-15/h1-3,5-6,8-9,11H,10,12,14H2,(H,22,23). The number of ether oxygens (including phenoxy) is 1. The van der Waals surface area contributed by atoms with Crippen LogP contribution in [0.5, 0.6) is 0 Å². The van der Waals surface area contributed by atoms with E-state index < -0.39 is 6.09 Å². The molecule has 0 heterocycles. The second kappa shape index (κ2) is 9.39. The normalized spacial score (nSPS) is 9.33. The Bertz CT molecular complexity index is 802. The third kappa shape index (κ3) is 5.46. The second-order valence-corrected chi connectivity index (χ2v) is 5.40. The molecule has 4 nitrogen and oxygen atoms in total. The molecule has 0 radical (unpaired) electrons. The van der Waals surface area contributed by atoms with Gasteiger partial charge < -0.3 is 10.1 Å². The summed E-state index contributed by atoms with van der Waals surface area (Å²) in [5.74, 6) is 5.83. The number of nitrogens with one attached hydrogen (secondary N) is 1. The van der Waals surface area contributed by atoms with Crippen LogP contribution in [-0.4, -0.2) is 12.6 Å². The lowest BCUT2D eigenvalue weighted by molar-refractivity contribution is 0.141. The maximum absolute atomic E-state index is 11.6. The van der Waals surface area contributed by atoms with Gasteiger partial charge in [-0.05, 0) is 23.3 Å². The van der Waals surface area contributed by atoms with Crippen LogP contribution in [0.2, 0.25) is 0 Å². The van der Waals surface area contributed by atoms with Crippen molar-refractivity contribution in [1.29, 1.82) is 5.26 Å². The van der Waals surface area contributed by atoms with Crippen molar-refractivity contribution in [3.05, 3.63) is 70.8 Å². The maximum atomic E-state index is 11.6. The Kier molecular flexibility index (Phi) is 6.89. The molecule has 0 aliphatic rings. The molecule has 1 N–H and O–H groups in total. The molecule has 24 heavy (non-hydrogen) atoms. The third-order valence-electron chi connectivity index (χ3n) is 3.14. The van der Waals surface area contributed by atoms with E-state index in [2.05, 4.69) is 39.2 Å². The third-order valence-corrected chi connectivity index (χ3v) is 3.74. The fourth-order valence-corrected chi connectivity index (χ4v) is 2.40. The van der Waals surface area contributed by atoms with Crippen LogP contribution in [0.3, 0.4) is 0 Å². The van der Waals surface area contributed by atoms with Crippen molar-refractivity contribution < 1.29 is 9.53 Å². The highest BCUT2D eigenvalue weighted by molar-refractivity contribution is 9.08. The molecule has 0 atom stereocenters. The van der Waals surface area contributed by atoms with E-state index in [0.29, 0.717) is 10.9 Å². The summed E-state index contributed by atoms with van der Waals surface area (Å²) < 4.78 is 5.09. The van der Waals surface area contributed by atoms with Gasteiger partial charge in [0.2, 0.25) is 0 Å². The zero-order chi connectivity index (χ0) is 17.2. The van der Waals surface area contributed by atoms with Crippen LogP contribution in [0.4, 0.5) is 4.79 Å². The zero-order valence-corrected chi connectivity index (χ0v) is 14.5. The number of carbonyl (C=O) groups is 1. The fourth-order valence-electron chi connectivity index (χ4n) is 1.91. The van der Waals surface area contributed by atoms with Crippen molar-refractivity contribution in [2.24, 2.45) is 0 Å². The van der Waals surface area contributed by atoms with Crippen LogP contribution >= 0.6 is 15.9 Å². The monoisotopic (exact) mass is 382 g/mol. The first-order chi connectivity index (χ1) is 11.7. The summed E-state index contributed by atoms with van der Waals surface area (Å²) >= 11 is 3.39. The van der Waals surface area contributed by atoms with Crippen LogP contribution in [0.15, 0.2) is 48.5 Å². The Morgan fingerprint density at radius 3 is 2.71 bits per heavy atom. The van der Waals surface area contributed by atoms with E-state index in [1.807, 2.05) is 36.4 Å². The summed E-state index contributed by atoms with van der Waals surface area (Å²) in [5, 5.41) is 12.2. The number of halogens is 1. The highest BCUT2D eigenvalue weighted by atomic mass is 79.9. The Hall–Kier alpha value is -2.76. The summed E-state index contributed by atoms with van der Waals surface area (Å²) in [6.45, 7) is 0.393. The van der Waals surface area contributed by atoms with Gasteiger partial charge in [0.1, 0.15) is 6.61 Å². The predicted octanol–water partition coefficient (Wildman–Crippen LogP) is 3.73. The van der Waals surface area contributed by atoms with Crippen molar-refractivity contribution in [1.82, 2.24) is 5.32 Å². The number of nitrogens with zero attached hydrogens (tertiary/aromatic N) is 1. The van der Waals surface area contributed by atoms with E-state index in [9.17, 15) is 4.79 Å². The Balaban J connectivity index is 1.85. The van der Waals surface area contributed by atoms with Gasteiger partial charge in [-0.25, -0.2) is 4.79 Å². The Morgan fingerprint density at radius 2 is 2.00 bits per heavy atom. The van der Waals surface area contributed by atoms with Crippen molar-refractivity contribution in [2.75, 3.05) is 6.54 Å². The van der Waals surface area contributed by atoms with Crippen molar-refractivity contribution in [3.8, 4) is 17.9 Å². The van der Waals surface area contributed by atoms with Gasteiger partial charge in [0.25, 0.3) is 0 Å². The molecule has 0 aromatic heterocycles. The molecule has 120 valence electrons. The van der Waals surface area contributed by atoms with Gasteiger partial charge in [0.15, 0.2) is 0 Å². The van der Waals surface area contributed by atoms with Crippen LogP contribution in [0.1, 0.15) is 22.3 Å². The minimum absolute atomic E-state index is 0.173. The molecule has 1 amide bonds. The van der Waals surface area contributed by atoms with E-state index >= 15 is 0 Å². The minimum atomic E-state index is -0.514. The van der Waals surface area contributed by atoms with Crippen LogP contribution in [0.25, 0.3) is 0 Å². The average Bonchev–Trinajstić information content (AvgIpc) is 2.64. The van der Waals surface area contributed by atoms with E-state index in [1.54, 1.807) is 12.1 Å². The number of alkyl carbamates (subject to hydrolysis) is 1. The molecular weight excluding hydrogens is 368 g/mol. The van der Waals surface area contributed by atoms with Crippen molar-refractivity contribution >= 4 is 22.0 Å². The van der Waals surface area contributed by atoms with Crippen LogP contribution in [0, 0.1) is 23.2 Å². The largest absolute Gasteiger partial charge is 0.445 e. The van der Waals surface area contributed by atoms with E-state index in [0.717, 1.165) is 16.7 Å². The maximum Gasteiger partial charge on any atom is 0.408 e. The summed E-state index contributed by atoms with van der Waals surface area (Å²) in [4.78, 5) is 11.6. The summed E-state index contributed by atoms with van der Waals surface area (Å²) in [5.41, 5.74) is 3.24. The molecule has 0 aliphatic carbocycles. The van der Waals surface area contributed by atoms with Gasteiger partial charge in [0, 0.05) is 10.9 Å². The van der Waals surface area contributed by atoms with E-state index in [-0.39, 0.29) is 13.2 Å². The molecule has 0 saturated heterocycles. The molecular formula is C19H15BrN2O2. The molecule has 2 aromatic carbocycles. The number of amides is 1. The summed E-state index contributed by atoms with van der Waals surface area (Å²) in [7, 11) is 0. The van der Waals surface area contributed by atoms with Gasteiger partial charge in [-0.15, -0.1) is 0 Å². The molecule has 0 saturated carbocycles. The number of hydrogen-bond acceptors (Lipinski definition) is 3. The fraction of sp³-hybridized carbons (Fsp3) is 0.158. The Labute approximate surface area is 149 Å². The van der Waals surface area contributed by atoms with Gasteiger partial charge in [0.05, 0.1) is 18.2 Å². The molecule has 0 aliphatic heterocycles. The molecule has 5 heteroatoms. The smallest absolute Gasteiger partial charge is 0.408 e. The first-order valence-corrected chi connectivity index (χ1v) is 8.37. The van der Waals surface area contributed by atoms with Gasteiger partial charge >= 0.3 is 6.09 Å². The summed E-state index contributed by atoms with van der Waals surface area (Å²) in [6, 6.07) is 16.9. The quantitative estimate of drug-likeness (QED) is 0.647. The highest BCUT2D eigenvalue weighted by Crippen LogP contribution is 2.13. The lowest BCUT2D eigenvalue weighted by Crippen LogP contribution is -2.24. The van der Waals surface area contributed by atoms with Crippen LogP contribution in [-0.2, 0) is 16.7 Å². The van der Waals surface area contributed by atoms with Gasteiger partial charge in [-0.3, -0.25) is 0 Å². The molecule has 2 rings (SSSR count). The number of carbonyl (C=O) groups excluding carboxylic acids is 1. The van der Waals surface area contributed by atoms with E-state index in [4.69, 9.17) is 10.00 Å². The Morgan fingerprint density at radius 1 is 1.21 bits per heavy atom. The molecule has 0 spiro atoms. The van der Waals surface area contributed by atoms with Crippen LogP contribution < -0.4 is 5.32 Å². The predicted molar refractivity (Wildman–Crippen MR) is 95.3 cm³/mol. The molecule has 0 bridgehead atoms. The first-order valence-electron chi connectivity index (χ1n) is 7.25. The first kappa shape index (κ1) is 17.6. The average molecular weight is 383 g/mol. The number of hydrogen-bond donors (Lipinski definition) is 1. The summed E-state index contributed by atoms with van der Waals surface area (Å²) in [6.07, 6.45) is -0.514. The number of alkyl halides is 1. The number of nitriles is 1.